The molecule has 2 rings (SSSR count). The highest BCUT2D eigenvalue weighted by Gasteiger charge is 2.42. The van der Waals surface area contributed by atoms with Crippen molar-refractivity contribution in [3.8, 4) is 5.75 Å². The van der Waals surface area contributed by atoms with Crippen molar-refractivity contribution in [2.24, 2.45) is 5.41 Å². The fraction of sp³-hybridized carbons (Fsp3) is 0.538. The van der Waals surface area contributed by atoms with E-state index in [1.54, 1.807) is 0 Å². The lowest BCUT2D eigenvalue weighted by molar-refractivity contribution is -0.129. The first kappa shape index (κ1) is 12.8. The van der Waals surface area contributed by atoms with Gasteiger partial charge in [0, 0.05) is 11.1 Å². The number of rotatable bonds is 2. The van der Waals surface area contributed by atoms with Crippen molar-refractivity contribution in [3.05, 3.63) is 21.5 Å². The molecule has 1 aliphatic rings. The van der Waals surface area contributed by atoms with Gasteiger partial charge in [-0.25, -0.2) is 4.98 Å². The van der Waals surface area contributed by atoms with Crippen LogP contribution >= 0.6 is 22.6 Å². The molecule has 1 heterocycles. The maximum Gasteiger partial charge on any atom is 0.178 e. The van der Waals surface area contributed by atoms with Gasteiger partial charge in [0.15, 0.2) is 17.6 Å². The maximum atomic E-state index is 12.1. The molecule has 0 radical (unpaired) electrons. The van der Waals surface area contributed by atoms with Gasteiger partial charge in [-0.2, -0.15) is 0 Å². The molecule has 1 atom stereocenters. The first-order valence-corrected chi connectivity index (χ1v) is 6.82. The second kappa shape index (κ2) is 4.55. The Bertz CT molecular complexity index is 457. The van der Waals surface area contributed by atoms with E-state index < -0.39 is 0 Å². The molecular weight excluding hydrogens is 329 g/mol. The second-order valence-corrected chi connectivity index (χ2v) is 6.16. The standard InChI is InChI=1S/C13H16INO2/c1-8-4-5-10(12(14)15-8)17-9-6-7-13(2,3)11(9)16/h4-5,9H,6-7H2,1-3H3. The average Bonchev–Trinajstić information content (AvgIpc) is 2.49. The van der Waals surface area contributed by atoms with Gasteiger partial charge < -0.3 is 4.74 Å². The summed E-state index contributed by atoms with van der Waals surface area (Å²) in [7, 11) is 0. The van der Waals surface area contributed by atoms with E-state index >= 15 is 0 Å². The lowest BCUT2D eigenvalue weighted by Crippen LogP contribution is -2.29. The quantitative estimate of drug-likeness (QED) is 0.611. The molecule has 0 spiro atoms. The molecule has 0 amide bonds. The van der Waals surface area contributed by atoms with E-state index in [0.29, 0.717) is 5.75 Å². The highest BCUT2D eigenvalue weighted by atomic mass is 127. The largest absolute Gasteiger partial charge is 0.480 e. The molecule has 0 aromatic carbocycles. The Kier molecular flexibility index (Phi) is 3.43. The van der Waals surface area contributed by atoms with Gasteiger partial charge in [-0.05, 0) is 54.5 Å². The number of aryl methyl sites for hydroxylation is 1. The maximum absolute atomic E-state index is 12.1. The first-order chi connectivity index (χ1) is 7.90. The Balaban J connectivity index is 2.15. The number of halogens is 1. The Morgan fingerprint density at radius 1 is 1.47 bits per heavy atom. The van der Waals surface area contributed by atoms with E-state index in [-0.39, 0.29) is 17.3 Å². The first-order valence-electron chi connectivity index (χ1n) is 5.74. The third-order valence-electron chi connectivity index (χ3n) is 3.21. The highest BCUT2D eigenvalue weighted by molar-refractivity contribution is 14.1. The van der Waals surface area contributed by atoms with Crippen LogP contribution in [-0.2, 0) is 4.79 Å². The number of aromatic nitrogens is 1. The molecule has 92 valence electrons. The SMILES string of the molecule is Cc1ccc(OC2CCC(C)(C)C2=O)c(I)n1. The molecule has 17 heavy (non-hydrogen) atoms. The fourth-order valence-electron chi connectivity index (χ4n) is 2.05. The topological polar surface area (TPSA) is 39.2 Å². The van der Waals surface area contributed by atoms with Gasteiger partial charge in [-0.3, -0.25) is 4.79 Å². The summed E-state index contributed by atoms with van der Waals surface area (Å²) in [6.07, 6.45) is 1.39. The smallest absolute Gasteiger partial charge is 0.178 e. The van der Waals surface area contributed by atoms with Gasteiger partial charge in [0.25, 0.3) is 0 Å². The molecule has 1 saturated carbocycles. The van der Waals surface area contributed by atoms with Gasteiger partial charge in [0.2, 0.25) is 0 Å². The molecule has 4 heteroatoms. The molecular formula is C13H16INO2. The molecule has 0 saturated heterocycles. The normalized spacial score (nSPS) is 22.8. The zero-order chi connectivity index (χ0) is 12.6. The number of nitrogens with zero attached hydrogens (tertiary/aromatic N) is 1. The van der Waals surface area contributed by atoms with Gasteiger partial charge >= 0.3 is 0 Å². The predicted molar refractivity (Wildman–Crippen MR) is 74.1 cm³/mol. The zero-order valence-electron chi connectivity index (χ0n) is 10.3. The molecule has 1 fully saturated rings. The Morgan fingerprint density at radius 2 is 2.18 bits per heavy atom. The second-order valence-electron chi connectivity index (χ2n) is 5.13. The van der Waals surface area contributed by atoms with Crippen molar-refractivity contribution in [2.75, 3.05) is 0 Å². The van der Waals surface area contributed by atoms with E-state index in [4.69, 9.17) is 4.74 Å². The van der Waals surface area contributed by atoms with Crippen molar-refractivity contribution in [1.82, 2.24) is 4.98 Å². The van der Waals surface area contributed by atoms with Crippen molar-refractivity contribution in [2.45, 2.75) is 39.7 Å². The van der Waals surface area contributed by atoms with Crippen LogP contribution in [0, 0.1) is 16.0 Å². The lowest BCUT2D eigenvalue weighted by atomic mass is 9.91. The van der Waals surface area contributed by atoms with Crippen LogP contribution in [0.25, 0.3) is 0 Å². The molecule has 1 aromatic rings. The van der Waals surface area contributed by atoms with E-state index in [2.05, 4.69) is 27.6 Å². The molecule has 3 nitrogen and oxygen atoms in total. The minimum absolute atomic E-state index is 0.203. The van der Waals surface area contributed by atoms with Crippen LogP contribution in [0.4, 0.5) is 0 Å². The third-order valence-corrected chi connectivity index (χ3v) is 3.99. The number of pyridine rings is 1. The zero-order valence-corrected chi connectivity index (χ0v) is 12.4. The van der Waals surface area contributed by atoms with E-state index in [0.717, 1.165) is 22.2 Å². The van der Waals surface area contributed by atoms with Gasteiger partial charge in [0.1, 0.15) is 3.70 Å². The summed E-state index contributed by atoms with van der Waals surface area (Å²) < 4.78 is 6.61. The molecule has 1 aliphatic carbocycles. The fourth-order valence-corrected chi connectivity index (χ4v) is 2.74. The number of Topliss-reactive ketones (excluding diaryl/α,β-unsaturated/α-hetero) is 1. The Labute approximate surface area is 115 Å². The molecule has 0 N–H and O–H groups in total. The molecule has 0 bridgehead atoms. The van der Waals surface area contributed by atoms with Crippen LogP contribution < -0.4 is 4.74 Å². The lowest BCUT2D eigenvalue weighted by Gasteiger charge is -2.17. The summed E-state index contributed by atoms with van der Waals surface area (Å²) in [4.78, 5) is 16.4. The summed E-state index contributed by atoms with van der Waals surface area (Å²) >= 11 is 2.14. The summed E-state index contributed by atoms with van der Waals surface area (Å²) in [5.74, 6) is 0.918. The number of ketones is 1. The van der Waals surface area contributed by atoms with Crippen molar-refractivity contribution in [1.29, 1.82) is 0 Å². The molecule has 0 aliphatic heterocycles. The molecule has 1 unspecified atom stereocenters. The minimum Gasteiger partial charge on any atom is -0.480 e. The minimum atomic E-state index is -0.303. The van der Waals surface area contributed by atoms with Crippen molar-refractivity contribution >= 4 is 28.4 Å². The Hall–Kier alpha value is -0.650. The summed E-state index contributed by atoms with van der Waals surface area (Å²) in [5.41, 5.74) is 0.716. The van der Waals surface area contributed by atoms with E-state index in [1.807, 2.05) is 32.9 Å². The summed E-state index contributed by atoms with van der Waals surface area (Å²) in [5, 5.41) is 0. The van der Waals surface area contributed by atoms with Gasteiger partial charge in [0.05, 0.1) is 0 Å². The van der Waals surface area contributed by atoms with Crippen LogP contribution in [0.15, 0.2) is 12.1 Å². The van der Waals surface area contributed by atoms with Crippen molar-refractivity contribution in [3.63, 3.8) is 0 Å². The summed E-state index contributed by atoms with van der Waals surface area (Å²) in [6.45, 7) is 5.91. The number of ether oxygens (including phenoxy) is 1. The predicted octanol–water partition coefficient (Wildman–Crippen LogP) is 3.13. The number of hydrogen-bond donors (Lipinski definition) is 0. The van der Waals surface area contributed by atoms with Crippen LogP contribution in [0.3, 0.4) is 0 Å². The average molecular weight is 345 g/mol. The summed E-state index contributed by atoms with van der Waals surface area (Å²) in [6, 6.07) is 3.80. The van der Waals surface area contributed by atoms with Crippen LogP contribution in [0.5, 0.6) is 5.75 Å². The van der Waals surface area contributed by atoms with E-state index in [9.17, 15) is 4.79 Å². The monoisotopic (exact) mass is 345 g/mol. The van der Waals surface area contributed by atoms with E-state index in [1.165, 1.54) is 0 Å². The van der Waals surface area contributed by atoms with Gasteiger partial charge in [-0.15, -0.1) is 0 Å². The van der Waals surface area contributed by atoms with Gasteiger partial charge in [-0.1, -0.05) is 13.8 Å². The number of hydrogen-bond acceptors (Lipinski definition) is 3. The van der Waals surface area contributed by atoms with Crippen LogP contribution in [0.1, 0.15) is 32.4 Å². The number of carbonyl (C=O) groups excluding carboxylic acids is 1. The van der Waals surface area contributed by atoms with Crippen LogP contribution in [0.2, 0.25) is 0 Å². The van der Waals surface area contributed by atoms with Crippen molar-refractivity contribution < 1.29 is 9.53 Å². The molecule has 1 aromatic heterocycles. The van der Waals surface area contributed by atoms with Crippen LogP contribution in [-0.4, -0.2) is 16.9 Å². The third kappa shape index (κ3) is 2.61. The highest BCUT2D eigenvalue weighted by Crippen LogP contribution is 2.36. The Morgan fingerprint density at radius 3 is 2.71 bits per heavy atom. The number of carbonyl (C=O) groups is 1.